The average Bonchev–Trinajstić information content (AvgIpc) is 3.11. The summed E-state index contributed by atoms with van der Waals surface area (Å²) in [6.07, 6.45) is 5.50. The Morgan fingerprint density at radius 3 is 2.54 bits per heavy atom. The third-order valence-electron chi connectivity index (χ3n) is 7.30. The largest absolute Gasteiger partial charge is 0.378 e. The van der Waals surface area contributed by atoms with E-state index in [0.717, 1.165) is 44.5 Å². The number of likely N-dealkylation sites (tertiary alicyclic amines) is 1. The highest BCUT2D eigenvalue weighted by Gasteiger charge is 2.40. The Labute approximate surface area is 212 Å². The summed E-state index contributed by atoms with van der Waals surface area (Å²) in [5.74, 6) is 0.415. The van der Waals surface area contributed by atoms with Crippen molar-refractivity contribution in [1.29, 1.82) is 0 Å². The lowest BCUT2D eigenvalue weighted by Crippen LogP contribution is -2.56. The summed E-state index contributed by atoms with van der Waals surface area (Å²) in [5, 5.41) is 4.80. The summed E-state index contributed by atoms with van der Waals surface area (Å²) in [7, 11) is 3.68. The fraction of sp³-hybridized carbons (Fsp3) is 0.593. The molecule has 2 fully saturated rings. The lowest BCUT2D eigenvalue weighted by Gasteiger charge is -2.40. The number of aldehydes is 1. The van der Waals surface area contributed by atoms with Crippen LogP contribution < -0.4 is 0 Å². The van der Waals surface area contributed by atoms with Crippen LogP contribution in [0, 0.1) is 12.8 Å². The van der Waals surface area contributed by atoms with Gasteiger partial charge in [-0.2, -0.15) is 5.10 Å². The highest BCUT2D eigenvalue weighted by molar-refractivity contribution is 6.33. The first kappa shape index (κ1) is 27.3. The molecule has 192 valence electrons. The van der Waals surface area contributed by atoms with Gasteiger partial charge in [-0.05, 0) is 50.7 Å². The molecule has 1 amide bonds. The van der Waals surface area contributed by atoms with E-state index in [1.165, 1.54) is 11.3 Å². The van der Waals surface area contributed by atoms with Crippen molar-refractivity contribution >= 4 is 23.8 Å². The van der Waals surface area contributed by atoms with Crippen LogP contribution in [0.2, 0.25) is 5.02 Å². The van der Waals surface area contributed by atoms with Crippen LogP contribution in [0.1, 0.15) is 72.4 Å². The van der Waals surface area contributed by atoms with Crippen LogP contribution in [0.4, 0.5) is 4.39 Å². The van der Waals surface area contributed by atoms with Gasteiger partial charge in [0.25, 0.3) is 0 Å². The Hall–Kier alpha value is -2.25. The van der Waals surface area contributed by atoms with Gasteiger partial charge in [-0.1, -0.05) is 37.6 Å². The van der Waals surface area contributed by atoms with Gasteiger partial charge in [-0.25, -0.2) is 4.39 Å². The lowest BCUT2D eigenvalue weighted by molar-refractivity contribution is -0.147. The van der Waals surface area contributed by atoms with Gasteiger partial charge in [-0.15, -0.1) is 0 Å². The quantitative estimate of drug-likeness (QED) is 0.534. The van der Waals surface area contributed by atoms with Gasteiger partial charge in [0, 0.05) is 56.4 Å². The van der Waals surface area contributed by atoms with E-state index in [1.807, 2.05) is 30.5 Å². The van der Waals surface area contributed by atoms with Crippen LogP contribution in [-0.4, -0.2) is 53.2 Å². The third-order valence-corrected chi connectivity index (χ3v) is 7.63. The van der Waals surface area contributed by atoms with Gasteiger partial charge in [0.05, 0.1) is 16.8 Å². The summed E-state index contributed by atoms with van der Waals surface area (Å²) in [4.78, 5) is 25.1. The molecule has 5 rings (SSSR count). The van der Waals surface area contributed by atoms with Crippen LogP contribution in [0.25, 0.3) is 0 Å². The molecule has 1 aliphatic heterocycles. The number of aromatic nitrogens is 2. The van der Waals surface area contributed by atoms with E-state index < -0.39 is 5.67 Å². The highest BCUT2D eigenvalue weighted by atomic mass is 35.5. The fourth-order valence-electron chi connectivity index (χ4n) is 5.02. The molecule has 6 nitrogen and oxygen atoms in total. The summed E-state index contributed by atoms with van der Waals surface area (Å²) >= 11 is 5.82. The van der Waals surface area contributed by atoms with Crippen molar-refractivity contribution in [3.63, 3.8) is 0 Å². The molecule has 3 aliphatic rings. The first-order valence-corrected chi connectivity index (χ1v) is 12.9. The predicted molar refractivity (Wildman–Crippen MR) is 136 cm³/mol. The number of halogens is 2. The summed E-state index contributed by atoms with van der Waals surface area (Å²) in [6, 6.07) is 4.94. The minimum atomic E-state index is -1.32. The molecule has 1 saturated carbocycles. The highest BCUT2D eigenvalue weighted by Crippen LogP contribution is 2.46. The van der Waals surface area contributed by atoms with Crippen molar-refractivity contribution < 1.29 is 18.7 Å². The number of carbonyl (C=O) groups excluding carboxylic acids is 2. The van der Waals surface area contributed by atoms with Crippen molar-refractivity contribution in [2.75, 3.05) is 20.2 Å². The van der Waals surface area contributed by atoms with Crippen LogP contribution in [0.5, 0.6) is 0 Å². The number of methoxy groups -OCH3 is 1. The molecule has 1 atom stereocenters. The second-order valence-electron chi connectivity index (χ2n) is 9.31. The smallest absolute Gasteiger partial charge is 0.226 e. The number of hydrogen-bond acceptors (Lipinski definition) is 4. The Morgan fingerprint density at radius 2 is 1.97 bits per heavy atom. The number of aryl methyl sites for hydroxylation is 2. The maximum Gasteiger partial charge on any atom is 0.226 e. The second kappa shape index (κ2) is 11.7. The standard InChI is InChI=1S/C14H21N3O2.C11H10ClFO.C2H6/c1-9-12-5-4-10(6-13(12)16(2)15-9)14(18)17-7-11(8-17)19-3;12-10-4-1-3-9(8(10)7-14)11(13)5-2-6-11;1-2/h10-11H,4-8H2,1-3H3;1,3-4,7H,2,5-6H2;1-2H3. The molecule has 8 heteroatoms. The van der Waals surface area contributed by atoms with Gasteiger partial charge in [0.2, 0.25) is 5.91 Å². The van der Waals surface area contributed by atoms with Crippen molar-refractivity contribution in [1.82, 2.24) is 14.7 Å². The Balaban J connectivity index is 0.000000190. The fourth-order valence-corrected chi connectivity index (χ4v) is 5.24. The summed E-state index contributed by atoms with van der Waals surface area (Å²) in [5.41, 5.74) is 3.14. The summed E-state index contributed by atoms with van der Waals surface area (Å²) in [6.45, 7) is 7.56. The maximum atomic E-state index is 14.0. The number of hydrogen-bond donors (Lipinski definition) is 0. The number of alkyl halides is 1. The van der Waals surface area contributed by atoms with Crippen molar-refractivity contribution in [2.45, 2.75) is 71.1 Å². The van der Waals surface area contributed by atoms with Crippen LogP contribution >= 0.6 is 11.6 Å². The van der Waals surface area contributed by atoms with E-state index in [-0.39, 0.29) is 17.9 Å². The lowest BCUT2D eigenvalue weighted by atomic mass is 9.75. The van der Waals surface area contributed by atoms with E-state index >= 15 is 0 Å². The molecule has 0 radical (unpaired) electrons. The molecule has 1 aromatic heterocycles. The van der Waals surface area contributed by atoms with Crippen molar-refractivity contribution in [2.24, 2.45) is 13.0 Å². The number of benzene rings is 1. The molecule has 2 aromatic rings. The molecule has 2 heterocycles. The Bertz CT molecular complexity index is 1040. The zero-order chi connectivity index (χ0) is 25.8. The molecule has 0 spiro atoms. The normalized spacial score (nSPS) is 20.2. The molecule has 2 aliphatic carbocycles. The summed E-state index contributed by atoms with van der Waals surface area (Å²) < 4.78 is 21.2. The number of amides is 1. The first-order valence-electron chi connectivity index (χ1n) is 12.5. The first-order chi connectivity index (χ1) is 16.8. The van der Waals surface area contributed by atoms with E-state index in [2.05, 4.69) is 12.0 Å². The number of fused-ring (bicyclic) bond motifs is 1. The zero-order valence-corrected chi connectivity index (χ0v) is 22.2. The van der Waals surface area contributed by atoms with Gasteiger partial charge < -0.3 is 9.64 Å². The van der Waals surface area contributed by atoms with E-state index in [4.69, 9.17) is 16.3 Å². The molecule has 35 heavy (non-hydrogen) atoms. The van der Waals surface area contributed by atoms with Crippen LogP contribution in [-0.2, 0) is 35.1 Å². The van der Waals surface area contributed by atoms with Gasteiger partial charge in [-0.3, -0.25) is 14.3 Å². The number of ether oxygens (including phenoxy) is 1. The van der Waals surface area contributed by atoms with Crippen LogP contribution in [0.3, 0.4) is 0 Å². The molecule has 1 aromatic carbocycles. The molecule has 1 unspecified atom stereocenters. The minimum absolute atomic E-state index is 0.125. The molecule has 0 bridgehead atoms. The number of carbonyl (C=O) groups is 2. The van der Waals surface area contributed by atoms with Gasteiger partial charge in [0.15, 0.2) is 6.29 Å². The number of nitrogens with zero attached hydrogens (tertiary/aromatic N) is 3. The predicted octanol–water partition coefficient (Wildman–Crippen LogP) is 5.22. The van der Waals surface area contributed by atoms with E-state index in [1.54, 1.807) is 25.3 Å². The Morgan fingerprint density at radius 1 is 1.29 bits per heavy atom. The molecule has 0 N–H and O–H groups in total. The molecular weight excluding hydrogens is 469 g/mol. The van der Waals surface area contributed by atoms with Gasteiger partial charge >= 0.3 is 0 Å². The van der Waals surface area contributed by atoms with Gasteiger partial charge in [0.1, 0.15) is 5.67 Å². The molecule has 1 saturated heterocycles. The van der Waals surface area contributed by atoms with E-state index in [9.17, 15) is 14.0 Å². The third kappa shape index (κ3) is 5.61. The van der Waals surface area contributed by atoms with Crippen molar-refractivity contribution in [3.05, 3.63) is 51.3 Å². The minimum Gasteiger partial charge on any atom is -0.378 e. The average molecular weight is 506 g/mol. The monoisotopic (exact) mass is 505 g/mol. The van der Waals surface area contributed by atoms with Crippen LogP contribution in [0.15, 0.2) is 18.2 Å². The number of rotatable bonds is 4. The maximum absolute atomic E-state index is 14.0. The molecular formula is C27H37ClFN3O3. The SMILES string of the molecule is CC.COC1CN(C(=O)C2CCc3c(C)nn(C)c3C2)C1.O=Cc1c(Cl)cccc1C1(F)CCC1. The zero-order valence-electron chi connectivity index (χ0n) is 21.4. The van der Waals surface area contributed by atoms with E-state index in [0.29, 0.717) is 35.3 Å². The second-order valence-corrected chi connectivity index (χ2v) is 9.72. The Kier molecular flexibility index (Phi) is 9.11. The van der Waals surface area contributed by atoms with Crippen molar-refractivity contribution in [3.8, 4) is 0 Å². The topological polar surface area (TPSA) is 64.4 Å².